The fraction of sp³-hybridized carbons (Fsp3) is 0.105. The highest BCUT2D eigenvalue weighted by atomic mass is 15.2. The highest BCUT2D eigenvalue weighted by Crippen LogP contribution is 2.43. The molecule has 0 fully saturated rings. The maximum absolute atomic E-state index is 4.57. The minimum atomic E-state index is 0.709. The van der Waals surface area contributed by atoms with Crippen LogP contribution in [0.2, 0.25) is 0 Å². The molecule has 1 aliphatic heterocycles. The highest BCUT2D eigenvalue weighted by Gasteiger charge is 2.21. The number of pyridine rings is 2. The fourth-order valence-electron chi connectivity index (χ4n) is 2.92. The summed E-state index contributed by atoms with van der Waals surface area (Å²) in [6.45, 7) is 2.81. The van der Waals surface area contributed by atoms with Crippen LogP contribution in [-0.4, -0.2) is 22.7 Å². The van der Waals surface area contributed by atoms with E-state index in [0.717, 1.165) is 28.3 Å². The Labute approximate surface area is 135 Å². The Morgan fingerprint density at radius 2 is 1.91 bits per heavy atom. The number of rotatable bonds is 2. The molecule has 0 spiro atoms. The molecule has 0 aliphatic carbocycles. The standard InChI is InChI=1S/C19H16N4/c1-14-8-10-20-13-16(14)15-5-4-6-17-19(15)23(12-11-21-17)18-7-2-3-9-22-18/h2-11,13H,12H2,1H3. The van der Waals surface area contributed by atoms with Gasteiger partial charge in [0.15, 0.2) is 0 Å². The van der Waals surface area contributed by atoms with Gasteiger partial charge >= 0.3 is 0 Å². The third kappa shape index (κ3) is 2.38. The second kappa shape index (κ2) is 5.65. The minimum absolute atomic E-state index is 0.709. The zero-order chi connectivity index (χ0) is 15.6. The molecular weight excluding hydrogens is 284 g/mol. The van der Waals surface area contributed by atoms with Gasteiger partial charge in [-0.2, -0.15) is 0 Å². The van der Waals surface area contributed by atoms with Crippen molar-refractivity contribution in [2.45, 2.75) is 6.92 Å². The fourth-order valence-corrected chi connectivity index (χ4v) is 2.92. The van der Waals surface area contributed by atoms with Gasteiger partial charge in [0.25, 0.3) is 0 Å². The Balaban J connectivity index is 1.94. The quantitative estimate of drug-likeness (QED) is 0.708. The molecule has 0 saturated carbocycles. The summed E-state index contributed by atoms with van der Waals surface area (Å²) in [5, 5.41) is 0. The van der Waals surface area contributed by atoms with E-state index in [0.29, 0.717) is 6.54 Å². The predicted molar refractivity (Wildman–Crippen MR) is 93.8 cm³/mol. The molecule has 0 saturated heterocycles. The first-order valence-corrected chi connectivity index (χ1v) is 7.60. The Hall–Kier alpha value is -3.01. The minimum Gasteiger partial charge on any atom is -0.319 e. The summed E-state index contributed by atoms with van der Waals surface area (Å²) >= 11 is 0. The van der Waals surface area contributed by atoms with E-state index in [1.165, 1.54) is 5.56 Å². The van der Waals surface area contributed by atoms with Gasteiger partial charge in [-0.15, -0.1) is 0 Å². The molecule has 2 aromatic heterocycles. The van der Waals surface area contributed by atoms with Crippen molar-refractivity contribution in [3.8, 4) is 11.1 Å². The van der Waals surface area contributed by atoms with Crippen molar-refractivity contribution in [2.24, 2.45) is 4.99 Å². The second-order valence-electron chi connectivity index (χ2n) is 5.47. The molecule has 23 heavy (non-hydrogen) atoms. The van der Waals surface area contributed by atoms with Crippen LogP contribution in [0.1, 0.15) is 5.56 Å². The number of aromatic nitrogens is 2. The average Bonchev–Trinajstić information content (AvgIpc) is 2.62. The molecule has 1 aromatic carbocycles. The number of nitrogens with zero attached hydrogens (tertiary/aromatic N) is 4. The van der Waals surface area contributed by atoms with Crippen molar-refractivity contribution < 1.29 is 0 Å². The van der Waals surface area contributed by atoms with Crippen LogP contribution in [-0.2, 0) is 0 Å². The van der Waals surface area contributed by atoms with Gasteiger partial charge in [0.2, 0.25) is 0 Å². The van der Waals surface area contributed by atoms with E-state index in [2.05, 4.69) is 32.9 Å². The van der Waals surface area contributed by atoms with Gasteiger partial charge in [-0.1, -0.05) is 18.2 Å². The van der Waals surface area contributed by atoms with E-state index in [-0.39, 0.29) is 0 Å². The summed E-state index contributed by atoms with van der Waals surface area (Å²) in [6.07, 6.45) is 7.48. The van der Waals surface area contributed by atoms with Crippen molar-refractivity contribution in [1.82, 2.24) is 9.97 Å². The number of fused-ring (bicyclic) bond motifs is 1. The number of hydrogen-bond acceptors (Lipinski definition) is 4. The first-order chi connectivity index (χ1) is 11.3. The van der Waals surface area contributed by atoms with Crippen LogP contribution in [0.3, 0.4) is 0 Å². The lowest BCUT2D eigenvalue weighted by Crippen LogP contribution is -2.23. The number of aliphatic imine (C=N–C) groups is 1. The van der Waals surface area contributed by atoms with Gasteiger partial charge in [-0.3, -0.25) is 9.98 Å². The normalized spacial score (nSPS) is 13.0. The van der Waals surface area contributed by atoms with Gasteiger partial charge in [0.05, 0.1) is 17.9 Å². The largest absolute Gasteiger partial charge is 0.319 e. The lowest BCUT2D eigenvalue weighted by molar-refractivity contribution is 1.06. The summed E-state index contributed by atoms with van der Waals surface area (Å²) in [6, 6.07) is 14.2. The lowest BCUT2D eigenvalue weighted by atomic mass is 9.99. The van der Waals surface area contributed by atoms with Gasteiger partial charge in [-0.05, 0) is 36.8 Å². The van der Waals surface area contributed by atoms with Crippen LogP contribution in [0.5, 0.6) is 0 Å². The van der Waals surface area contributed by atoms with Crippen molar-refractivity contribution in [1.29, 1.82) is 0 Å². The Morgan fingerprint density at radius 3 is 2.74 bits per heavy atom. The zero-order valence-corrected chi connectivity index (χ0v) is 12.8. The topological polar surface area (TPSA) is 41.4 Å². The van der Waals surface area contributed by atoms with Gasteiger partial charge in [0, 0.05) is 35.9 Å². The summed E-state index contributed by atoms with van der Waals surface area (Å²) in [5.41, 5.74) is 5.51. The van der Waals surface area contributed by atoms with Crippen LogP contribution in [0, 0.1) is 6.92 Å². The van der Waals surface area contributed by atoms with Crippen LogP contribution in [0.4, 0.5) is 17.2 Å². The first-order valence-electron chi connectivity index (χ1n) is 7.60. The van der Waals surface area contributed by atoms with E-state index in [9.17, 15) is 0 Å². The van der Waals surface area contributed by atoms with Crippen molar-refractivity contribution in [3.05, 3.63) is 66.6 Å². The molecule has 0 bridgehead atoms. The molecule has 1 aliphatic rings. The monoisotopic (exact) mass is 300 g/mol. The van der Waals surface area contributed by atoms with E-state index in [4.69, 9.17) is 0 Å². The number of benzene rings is 1. The van der Waals surface area contributed by atoms with Crippen molar-refractivity contribution in [2.75, 3.05) is 11.4 Å². The molecule has 4 rings (SSSR count). The van der Waals surface area contributed by atoms with Crippen LogP contribution >= 0.6 is 0 Å². The summed E-state index contributed by atoms with van der Waals surface area (Å²) < 4.78 is 0. The zero-order valence-electron chi connectivity index (χ0n) is 12.8. The Bertz CT molecular complexity index is 872. The highest BCUT2D eigenvalue weighted by molar-refractivity contribution is 5.95. The molecule has 0 unspecified atom stereocenters. The lowest BCUT2D eigenvalue weighted by Gasteiger charge is -2.29. The molecule has 3 heterocycles. The Morgan fingerprint density at radius 1 is 0.957 bits per heavy atom. The van der Waals surface area contributed by atoms with E-state index in [1.807, 2.05) is 61.2 Å². The third-order valence-electron chi connectivity index (χ3n) is 4.03. The maximum Gasteiger partial charge on any atom is 0.133 e. The van der Waals surface area contributed by atoms with E-state index >= 15 is 0 Å². The molecule has 4 heteroatoms. The van der Waals surface area contributed by atoms with Crippen LogP contribution < -0.4 is 4.90 Å². The number of hydrogen-bond donors (Lipinski definition) is 0. The first kappa shape index (κ1) is 13.6. The van der Waals surface area contributed by atoms with Gasteiger partial charge < -0.3 is 4.90 Å². The van der Waals surface area contributed by atoms with Gasteiger partial charge in [-0.25, -0.2) is 4.98 Å². The Kier molecular flexibility index (Phi) is 3.35. The van der Waals surface area contributed by atoms with Crippen LogP contribution in [0.25, 0.3) is 11.1 Å². The smallest absolute Gasteiger partial charge is 0.133 e. The number of aryl methyl sites for hydroxylation is 1. The summed E-state index contributed by atoms with van der Waals surface area (Å²) in [4.78, 5) is 15.6. The summed E-state index contributed by atoms with van der Waals surface area (Å²) in [5.74, 6) is 0.925. The van der Waals surface area contributed by atoms with E-state index in [1.54, 1.807) is 0 Å². The summed E-state index contributed by atoms with van der Waals surface area (Å²) in [7, 11) is 0. The molecule has 0 radical (unpaired) electrons. The molecule has 0 N–H and O–H groups in total. The SMILES string of the molecule is Cc1ccncc1-c1cccc2c1N(c1ccccn1)CC=N2. The van der Waals surface area contributed by atoms with Crippen molar-refractivity contribution in [3.63, 3.8) is 0 Å². The van der Waals surface area contributed by atoms with E-state index < -0.39 is 0 Å². The molecule has 4 nitrogen and oxygen atoms in total. The maximum atomic E-state index is 4.57. The van der Waals surface area contributed by atoms with Gasteiger partial charge in [0.1, 0.15) is 5.82 Å². The molecule has 0 amide bonds. The molecule has 112 valence electrons. The van der Waals surface area contributed by atoms with Crippen LogP contribution in [0.15, 0.2) is 66.0 Å². The number of anilines is 2. The number of para-hydroxylation sites is 1. The average molecular weight is 300 g/mol. The predicted octanol–water partition coefficient (Wildman–Crippen LogP) is 4.31. The molecule has 3 aromatic rings. The third-order valence-corrected chi connectivity index (χ3v) is 4.03. The second-order valence-corrected chi connectivity index (χ2v) is 5.47. The molecular formula is C19H16N4. The van der Waals surface area contributed by atoms with Crippen molar-refractivity contribution >= 4 is 23.4 Å². The molecule has 0 atom stereocenters.